The van der Waals surface area contributed by atoms with Crippen molar-refractivity contribution in [1.29, 1.82) is 0 Å². The van der Waals surface area contributed by atoms with E-state index < -0.39 is 35.8 Å². The minimum Gasteiger partial charge on any atom is -0.478 e. The van der Waals surface area contributed by atoms with Crippen molar-refractivity contribution in [1.82, 2.24) is 10.6 Å². The van der Waals surface area contributed by atoms with Gasteiger partial charge >= 0.3 is 11.9 Å². The number of benzene rings is 2. The van der Waals surface area contributed by atoms with E-state index in [2.05, 4.69) is 10.6 Å². The van der Waals surface area contributed by atoms with Gasteiger partial charge in [-0.2, -0.15) is 0 Å². The molecule has 0 aromatic heterocycles. The van der Waals surface area contributed by atoms with Crippen LogP contribution in [0.15, 0.2) is 36.4 Å². The lowest BCUT2D eigenvalue weighted by molar-refractivity contribution is 0.0680. The molecule has 0 aliphatic heterocycles. The Bertz CT molecular complexity index is 1160. The van der Waals surface area contributed by atoms with Crippen LogP contribution in [0.3, 0.4) is 0 Å². The Morgan fingerprint density at radius 2 is 1.40 bits per heavy atom. The van der Waals surface area contributed by atoms with Gasteiger partial charge in [0.15, 0.2) is 6.29 Å². The van der Waals surface area contributed by atoms with Gasteiger partial charge in [0.05, 0.1) is 35.5 Å². The fourth-order valence-corrected chi connectivity index (χ4v) is 3.11. The second-order valence-corrected chi connectivity index (χ2v) is 7.74. The Balaban J connectivity index is 1.92. The first-order valence-electron chi connectivity index (χ1n) is 10.4. The standard InChI is InChI=1S/C24H24N2O9/c1-13(25-21(29)19-8-16(23(31)32)4-5-17(19)10-28)11-35-12-14(2)26-22(30)20-7-15(9-27)3-6-18(20)24(33)34/h3-10,13-14H,11-12H2,1-2H3,(H,25,29)(H,26,30)(H,31,32)(H,33,34). The molecular formula is C24H24N2O9. The van der Waals surface area contributed by atoms with Crippen LogP contribution in [0, 0.1) is 0 Å². The first kappa shape index (κ1) is 26.9. The van der Waals surface area contributed by atoms with Crippen LogP contribution < -0.4 is 10.6 Å². The van der Waals surface area contributed by atoms with Crippen LogP contribution >= 0.6 is 0 Å². The smallest absolute Gasteiger partial charge is 0.336 e. The Morgan fingerprint density at radius 1 is 0.800 bits per heavy atom. The first-order chi connectivity index (χ1) is 16.6. The highest BCUT2D eigenvalue weighted by atomic mass is 16.5. The van der Waals surface area contributed by atoms with Crippen molar-refractivity contribution in [3.63, 3.8) is 0 Å². The van der Waals surface area contributed by atoms with E-state index in [1.165, 1.54) is 30.3 Å². The molecule has 0 radical (unpaired) electrons. The van der Waals surface area contributed by atoms with Gasteiger partial charge in [0.1, 0.15) is 6.29 Å². The van der Waals surface area contributed by atoms with Crippen LogP contribution in [-0.4, -0.2) is 71.8 Å². The van der Waals surface area contributed by atoms with Crippen LogP contribution in [0.25, 0.3) is 0 Å². The fraction of sp³-hybridized carbons (Fsp3) is 0.250. The number of ether oxygens (including phenoxy) is 1. The summed E-state index contributed by atoms with van der Waals surface area (Å²) in [5.41, 5.74) is -0.446. The van der Waals surface area contributed by atoms with Crippen LogP contribution in [-0.2, 0) is 4.74 Å². The van der Waals surface area contributed by atoms with E-state index >= 15 is 0 Å². The molecule has 11 heteroatoms. The summed E-state index contributed by atoms with van der Waals surface area (Å²) in [6.45, 7) is 3.31. The Hall–Kier alpha value is -4.38. The highest BCUT2D eigenvalue weighted by molar-refractivity contribution is 6.06. The lowest BCUT2D eigenvalue weighted by atomic mass is 10.0. The SMILES string of the molecule is CC(COCC(C)NC(=O)c1cc(C=O)ccc1C(=O)O)NC(=O)c1cc(C(=O)O)ccc1C=O. The number of carboxylic acid groups (broad SMARTS) is 2. The van der Waals surface area contributed by atoms with Crippen molar-refractivity contribution >= 4 is 36.3 Å². The van der Waals surface area contributed by atoms with Crippen molar-refractivity contribution in [3.8, 4) is 0 Å². The van der Waals surface area contributed by atoms with Crippen LogP contribution in [0.5, 0.6) is 0 Å². The number of nitrogens with one attached hydrogen (secondary N) is 2. The fourth-order valence-electron chi connectivity index (χ4n) is 3.11. The van der Waals surface area contributed by atoms with Crippen molar-refractivity contribution < 1.29 is 43.7 Å². The first-order valence-corrected chi connectivity index (χ1v) is 10.4. The minimum atomic E-state index is -1.31. The Kier molecular flexibility index (Phi) is 9.36. The summed E-state index contributed by atoms with van der Waals surface area (Å²) in [5, 5.41) is 23.6. The van der Waals surface area contributed by atoms with E-state index in [1.54, 1.807) is 13.8 Å². The predicted molar refractivity (Wildman–Crippen MR) is 122 cm³/mol. The molecule has 0 saturated heterocycles. The maximum Gasteiger partial charge on any atom is 0.336 e. The molecule has 35 heavy (non-hydrogen) atoms. The van der Waals surface area contributed by atoms with Gasteiger partial charge in [0, 0.05) is 23.2 Å². The summed E-state index contributed by atoms with van der Waals surface area (Å²) in [6, 6.07) is 6.17. The maximum atomic E-state index is 12.5. The van der Waals surface area contributed by atoms with E-state index in [-0.39, 0.29) is 46.6 Å². The van der Waals surface area contributed by atoms with Crippen molar-refractivity contribution in [2.45, 2.75) is 25.9 Å². The topological polar surface area (TPSA) is 176 Å². The van der Waals surface area contributed by atoms with E-state index in [4.69, 9.17) is 9.84 Å². The third-order valence-corrected chi connectivity index (χ3v) is 4.82. The van der Waals surface area contributed by atoms with Gasteiger partial charge in [-0.1, -0.05) is 12.1 Å². The lowest BCUT2D eigenvalue weighted by Gasteiger charge is -2.18. The third-order valence-electron chi connectivity index (χ3n) is 4.82. The van der Waals surface area contributed by atoms with E-state index in [0.717, 1.165) is 6.07 Å². The monoisotopic (exact) mass is 484 g/mol. The molecule has 0 saturated carbocycles. The molecule has 2 rings (SSSR count). The second kappa shape index (κ2) is 12.2. The van der Waals surface area contributed by atoms with Crippen LogP contribution in [0.1, 0.15) is 76.0 Å². The molecule has 2 unspecified atom stereocenters. The number of aldehydes is 2. The molecule has 11 nitrogen and oxygen atoms in total. The molecule has 184 valence electrons. The van der Waals surface area contributed by atoms with Gasteiger partial charge in [0.25, 0.3) is 11.8 Å². The van der Waals surface area contributed by atoms with Crippen molar-refractivity contribution in [2.24, 2.45) is 0 Å². The molecule has 2 amide bonds. The number of rotatable bonds is 12. The van der Waals surface area contributed by atoms with Gasteiger partial charge in [0.2, 0.25) is 0 Å². The van der Waals surface area contributed by atoms with Gasteiger partial charge < -0.3 is 25.6 Å². The summed E-state index contributed by atoms with van der Waals surface area (Å²) >= 11 is 0. The van der Waals surface area contributed by atoms with E-state index in [1.807, 2.05) is 0 Å². The van der Waals surface area contributed by atoms with E-state index in [9.17, 15) is 33.9 Å². The van der Waals surface area contributed by atoms with Crippen molar-refractivity contribution in [3.05, 3.63) is 69.8 Å². The number of amides is 2. The molecule has 0 aliphatic carbocycles. The zero-order valence-corrected chi connectivity index (χ0v) is 18.9. The van der Waals surface area contributed by atoms with Gasteiger partial charge in [-0.05, 0) is 38.1 Å². The largest absolute Gasteiger partial charge is 0.478 e. The summed E-state index contributed by atoms with van der Waals surface area (Å²) in [6.07, 6.45) is 0.952. The average Bonchev–Trinajstić information content (AvgIpc) is 2.82. The third kappa shape index (κ3) is 7.30. The zero-order valence-electron chi connectivity index (χ0n) is 18.9. The normalized spacial score (nSPS) is 12.2. The molecular weight excluding hydrogens is 460 g/mol. The minimum absolute atomic E-state index is 0.0236. The zero-order chi connectivity index (χ0) is 26.1. The molecule has 0 heterocycles. The number of carbonyl (C=O) groups excluding carboxylic acids is 4. The predicted octanol–water partition coefficient (Wildman–Crippen LogP) is 1.66. The number of hydrogen-bond donors (Lipinski definition) is 4. The summed E-state index contributed by atoms with van der Waals surface area (Å²) in [7, 11) is 0. The average molecular weight is 484 g/mol. The number of aromatic carboxylic acids is 2. The summed E-state index contributed by atoms with van der Waals surface area (Å²) in [4.78, 5) is 69.7. The molecule has 0 spiro atoms. The molecule has 0 bridgehead atoms. The van der Waals surface area contributed by atoms with Gasteiger partial charge in [-0.3, -0.25) is 19.2 Å². The number of hydrogen-bond acceptors (Lipinski definition) is 7. The highest BCUT2D eigenvalue weighted by Crippen LogP contribution is 2.13. The second-order valence-electron chi connectivity index (χ2n) is 7.74. The lowest BCUT2D eigenvalue weighted by Crippen LogP contribution is -2.40. The molecule has 2 atom stereocenters. The Morgan fingerprint density at radius 3 is 1.91 bits per heavy atom. The highest BCUT2D eigenvalue weighted by Gasteiger charge is 2.20. The number of carboxylic acids is 2. The van der Waals surface area contributed by atoms with Gasteiger partial charge in [-0.15, -0.1) is 0 Å². The molecule has 2 aromatic rings. The summed E-state index contributed by atoms with van der Waals surface area (Å²) in [5.74, 6) is -3.89. The maximum absolute atomic E-state index is 12.5. The molecule has 4 N–H and O–H groups in total. The van der Waals surface area contributed by atoms with Crippen LogP contribution in [0.2, 0.25) is 0 Å². The van der Waals surface area contributed by atoms with Crippen molar-refractivity contribution in [2.75, 3.05) is 13.2 Å². The molecule has 0 fully saturated rings. The molecule has 0 aliphatic rings. The van der Waals surface area contributed by atoms with Gasteiger partial charge in [-0.25, -0.2) is 9.59 Å². The molecule has 2 aromatic carbocycles. The number of carbonyl (C=O) groups is 6. The van der Waals surface area contributed by atoms with Crippen LogP contribution in [0.4, 0.5) is 0 Å². The quantitative estimate of drug-likeness (QED) is 0.326. The Labute approximate surface area is 200 Å². The van der Waals surface area contributed by atoms with E-state index in [0.29, 0.717) is 12.6 Å². The summed E-state index contributed by atoms with van der Waals surface area (Å²) < 4.78 is 5.51.